The van der Waals surface area contributed by atoms with Gasteiger partial charge in [0.15, 0.2) is 11.7 Å². The number of aryl methyl sites for hydroxylation is 2. The number of nitrogens with one attached hydrogen (secondary N) is 1. The summed E-state index contributed by atoms with van der Waals surface area (Å²) in [5.41, 5.74) is 4.54. The van der Waals surface area contributed by atoms with Crippen LogP contribution in [0.5, 0.6) is 0 Å². The molecule has 4 aliphatic rings. The number of carbonyl (C=O) groups is 4. The Kier molecular flexibility index (Phi) is 12.0. The van der Waals surface area contributed by atoms with Gasteiger partial charge in [0.05, 0.1) is 5.52 Å². The number of piperidine rings is 2. The Bertz CT molecular complexity index is 1980. The smallest absolute Gasteiger partial charge is 0.419 e. The quantitative estimate of drug-likeness (QED) is 0.303. The molecule has 15 nitrogen and oxygen atoms in total. The van der Waals surface area contributed by atoms with E-state index < -0.39 is 18.0 Å². The lowest BCUT2D eigenvalue weighted by Gasteiger charge is -2.40. The van der Waals surface area contributed by atoms with E-state index in [0.717, 1.165) is 42.6 Å². The number of hydrogen-bond donors (Lipinski definition) is 1. The minimum atomic E-state index is -1.11. The maximum atomic E-state index is 14.3. The lowest BCUT2D eigenvalue weighted by Crippen LogP contribution is -2.53. The number of rotatable bonds is 10. The fourth-order valence-electron chi connectivity index (χ4n) is 8.91. The standard InChI is InChI=1S/C41H55N7O8/c1-27-24-28(25-34-36(27)44(4)40(52)55-34)26-35(37(49)45-17-12-30(13-18-45)47-16-7-10-33(47)38(50)54-23-22-43(2)3)56-41(53)46-19-14-31(15-20-46)48-21-11-29-8-5-6-9-32(29)42-39(48)51/h5-6,8-9,24-25,30-31,33,35H,7,10-23,26H2,1-4H3,(H,42,51)/t33-,35-/m1/s1. The van der Waals surface area contributed by atoms with Crippen LogP contribution in [-0.2, 0) is 39.0 Å². The van der Waals surface area contributed by atoms with Gasteiger partial charge in [0.25, 0.3) is 5.91 Å². The van der Waals surface area contributed by atoms with Gasteiger partial charge in [-0.05, 0) is 101 Å². The molecule has 7 rings (SSSR count). The maximum Gasteiger partial charge on any atom is 0.419 e. The van der Waals surface area contributed by atoms with Gasteiger partial charge in [0.1, 0.15) is 12.6 Å². The number of ether oxygens (including phenoxy) is 2. The Labute approximate surface area is 327 Å². The normalized spacial score (nSPS) is 20.6. The van der Waals surface area contributed by atoms with Crippen molar-refractivity contribution < 1.29 is 33.1 Å². The first-order chi connectivity index (χ1) is 27.0. The molecule has 0 radical (unpaired) electrons. The van der Waals surface area contributed by atoms with Crippen LogP contribution in [0.15, 0.2) is 45.6 Å². The van der Waals surface area contributed by atoms with E-state index in [4.69, 9.17) is 13.9 Å². The molecule has 2 aromatic carbocycles. The van der Waals surface area contributed by atoms with Crippen molar-refractivity contribution in [1.82, 2.24) is 29.1 Å². The second kappa shape index (κ2) is 17.1. The lowest BCUT2D eigenvalue weighted by molar-refractivity contribution is -0.151. The zero-order valence-electron chi connectivity index (χ0n) is 33.0. The van der Waals surface area contributed by atoms with E-state index in [9.17, 15) is 24.0 Å². The molecule has 4 aliphatic heterocycles. The Morgan fingerprint density at radius 2 is 1.64 bits per heavy atom. The highest BCUT2D eigenvalue weighted by atomic mass is 16.6. The maximum absolute atomic E-state index is 14.3. The number of benzene rings is 2. The van der Waals surface area contributed by atoms with E-state index in [1.807, 2.05) is 61.2 Å². The van der Waals surface area contributed by atoms with Crippen molar-refractivity contribution in [3.05, 3.63) is 63.6 Å². The first-order valence-corrected chi connectivity index (χ1v) is 20.0. The summed E-state index contributed by atoms with van der Waals surface area (Å²) in [6.07, 6.45) is 3.44. The average molecular weight is 774 g/mol. The number of likely N-dealkylation sites (tertiary alicyclic amines) is 3. The minimum Gasteiger partial charge on any atom is -0.463 e. The molecular formula is C41H55N7O8. The molecule has 1 aromatic heterocycles. The highest BCUT2D eigenvalue weighted by Gasteiger charge is 2.40. The molecule has 0 unspecified atom stereocenters. The number of anilines is 1. The summed E-state index contributed by atoms with van der Waals surface area (Å²) < 4.78 is 18.7. The van der Waals surface area contributed by atoms with Crippen LogP contribution in [0.4, 0.5) is 15.3 Å². The van der Waals surface area contributed by atoms with Gasteiger partial charge in [-0.1, -0.05) is 24.3 Å². The number of carbonyl (C=O) groups excluding carboxylic acids is 4. The third-order valence-electron chi connectivity index (χ3n) is 12.0. The van der Waals surface area contributed by atoms with Crippen molar-refractivity contribution >= 4 is 40.8 Å². The zero-order valence-corrected chi connectivity index (χ0v) is 33.0. The molecule has 1 N–H and O–H groups in total. The predicted molar refractivity (Wildman–Crippen MR) is 209 cm³/mol. The van der Waals surface area contributed by atoms with Crippen molar-refractivity contribution in [3.8, 4) is 0 Å². The second-order valence-corrected chi connectivity index (χ2v) is 15.9. The molecule has 3 fully saturated rings. The summed E-state index contributed by atoms with van der Waals surface area (Å²) >= 11 is 0. The molecule has 15 heteroatoms. The number of urea groups is 1. The number of aromatic nitrogens is 1. The number of nitrogens with zero attached hydrogens (tertiary/aromatic N) is 6. The van der Waals surface area contributed by atoms with Crippen LogP contribution in [0.1, 0.15) is 55.2 Å². The van der Waals surface area contributed by atoms with Gasteiger partial charge in [-0.3, -0.25) is 19.1 Å². The van der Waals surface area contributed by atoms with E-state index >= 15 is 0 Å². The summed E-state index contributed by atoms with van der Waals surface area (Å²) in [5.74, 6) is -0.934. The number of hydrogen-bond acceptors (Lipinski definition) is 10. The second-order valence-electron chi connectivity index (χ2n) is 15.9. The number of amides is 4. The average Bonchev–Trinajstić information content (AvgIpc) is 3.74. The van der Waals surface area contributed by atoms with Crippen molar-refractivity contribution in [3.63, 3.8) is 0 Å². The highest BCUT2D eigenvalue weighted by Crippen LogP contribution is 2.29. The van der Waals surface area contributed by atoms with Gasteiger partial charge in [-0.2, -0.15) is 0 Å². The SMILES string of the molecule is Cc1cc(C[C@@H](OC(=O)N2CCC(N3CCc4ccccc4NC3=O)CC2)C(=O)N2CCC(N3CCC[C@@H]3C(=O)OCCN(C)C)CC2)cc2oc(=O)n(C)c12. The first kappa shape index (κ1) is 39.3. The Hall–Kier alpha value is -4.89. The number of likely N-dealkylation sites (N-methyl/N-ethyl adjacent to an activating group) is 1. The van der Waals surface area contributed by atoms with Crippen molar-refractivity contribution in [2.24, 2.45) is 7.05 Å². The Balaban J connectivity index is 1.01. The van der Waals surface area contributed by atoms with Crippen LogP contribution in [0.2, 0.25) is 0 Å². The summed E-state index contributed by atoms with van der Waals surface area (Å²) in [6, 6.07) is 11.2. The van der Waals surface area contributed by atoms with Crippen LogP contribution in [0.3, 0.4) is 0 Å². The summed E-state index contributed by atoms with van der Waals surface area (Å²) in [4.78, 5) is 76.2. The predicted octanol–water partition coefficient (Wildman–Crippen LogP) is 3.60. The molecule has 4 amide bonds. The molecule has 5 heterocycles. The highest BCUT2D eigenvalue weighted by molar-refractivity contribution is 5.91. The van der Waals surface area contributed by atoms with Crippen LogP contribution in [0, 0.1) is 6.92 Å². The van der Waals surface area contributed by atoms with Crippen LogP contribution in [-0.4, -0.2) is 144 Å². The lowest BCUT2D eigenvalue weighted by atomic mass is 9.99. The molecule has 0 bridgehead atoms. The summed E-state index contributed by atoms with van der Waals surface area (Å²) in [7, 11) is 5.54. The fourth-order valence-corrected chi connectivity index (χ4v) is 8.91. The molecule has 302 valence electrons. The van der Waals surface area contributed by atoms with Gasteiger partial charge in [-0.15, -0.1) is 0 Å². The topological polar surface area (TPSA) is 150 Å². The number of esters is 1. The van der Waals surface area contributed by atoms with Gasteiger partial charge >= 0.3 is 23.8 Å². The number of fused-ring (bicyclic) bond motifs is 2. The number of oxazole rings is 1. The molecular weight excluding hydrogens is 718 g/mol. The largest absolute Gasteiger partial charge is 0.463 e. The minimum absolute atomic E-state index is 0.0302. The molecule has 0 spiro atoms. The van der Waals surface area contributed by atoms with Gasteiger partial charge in [0.2, 0.25) is 0 Å². The zero-order chi connectivity index (χ0) is 39.5. The van der Waals surface area contributed by atoms with Crippen molar-refractivity contribution in [2.45, 2.75) is 82.5 Å². The van der Waals surface area contributed by atoms with E-state index in [0.29, 0.717) is 88.2 Å². The van der Waals surface area contributed by atoms with Crippen LogP contribution >= 0.6 is 0 Å². The van der Waals surface area contributed by atoms with Crippen molar-refractivity contribution in [1.29, 1.82) is 0 Å². The molecule has 2 atom stereocenters. The number of para-hydroxylation sites is 1. The van der Waals surface area contributed by atoms with Crippen LogP contribution in [0.25, 0.3) is 11.1 Å². The summed E-state index contributed by atoms with van der Waals surface area (Å²) in [6.45, 7) is 6.03. The van der Waals surface area contributed by atoms with Crippen LogP contribution < -0.4 is 11.1 Å². The monoisotopic (exact) mass is 773 g/mol. The first-order valence-electron chi connectivity index (χ1n) is 20.0. The van der Waals surface area contributed by atoms with Gasteiger partial charge in [-0.25, -0.2) is 14.4 Å². The van der Waals surface area contributed by atoms with Gasteiger partial charge in [0, 0.05) is 70.5 Å². The fraction of sp³-hybridized carbons (Fsp3) is 0.585. The summed E-state index contributed by atoms with van der Waals surface area (Å²) in [5, 5.41) is 3.04. The Morgan fingerprint density at radius 1 is 0.929 bits per heavy atom. The van der Waals surface area contributed by atoms with E-state index in [1.165, 1.54) is 4.57 Å². The third kappa shape index (κ3) is 8.58. The molecule has 0 aliphatic carbocycles. The van der Waals surface area contributed by atoms with E-state index in [2.05, 4.69) is 10.2 Å². The molecule has 3 aromatic rings. The third-order valence-corrected chi connectivity index (χ3v) is 12.0. The van der Waals surface area contributed by atoms with E-state index in [-0.39, 0.29) is 42.5 Å². The molecule has 0 saturated carbocycles. The Morgan fingerprint density at radius 3 is 2.39 bits per heavy atom. The van der Waals surface area contributed by atoms with E-state index in [1.54, 1.807) is 22.9 Å². The molecule has 56 heavy (non-hydrogen) atoms. The van der Waals surface area contributed by atoms with Crippen molar-refractivity contribution in [2.75, 3.05) is 71.8 Å². The van der Waals surface area contributed by atoms with Gasteiger partial charge < -0.3 is 38.8 Å². The molecule has 3 saturated heterocycles.